The standard InChI is InChI=1S/C46H30N4S/c1-3-11-30(12-4-1)36-15-7-8-16-37(36)31-19-21-35(33(25-31)27-44-48-28-47-29-49-44)32-20-22-39-43(26-32)51-42-24-23-41-45(46(39)42)38-17-9-10-18-40(38)50(41)34-13-5-2-6-14-34/h1-26,28-29H,27H2. The first kappa shape index (κ1) is 29.5. The summed E-state index contributed by atoms with van der Waals surface area (Å²) in [6.45, 7) is 0. The van der Waals surface area contributed by atoms with Crippen LogP contribution in [0.1, 0.15) is 11.4 Å². The molecule has 0 radical (unpaired) electrons. The summed E-state index contributed by atoms with van der Waals surface area (Å²) < 4.78 is 4.97. The van der Waals surface area contributed by atoms with Gasteiger partial charge >= 0.3 is 0 Å². The second kappa shape index (κ2) is 12.2. The van der Waals surface area contributed by atoms with E-state index in [0.717, 1.165) is 5.82 Å². The van der Waals surface area contributed by atoms with Gasteiger partial charge in [-0.25, -0.2) is 15.0 Å². The van der Waals surface area contributed by atoms with Crippen molar-refractivity contribution in [3.05, 3.63) is 182 Å². The summed E-state index contributed by atoms with van der Waals surface area (Å²) in [5.74, 6) is 0.750. The number of aromatic nitrogens is 4. The fourth-order valence-corrected chi connectivity index (χ4v) is 8.82. The SMILES string of the molecule is c1ccc(-c2ccccc2-c2ccc(-c3ccc4c(c3)sc3ccc5c(c6ccccc6n5-c5ccccc5)c34)c(Cc3ncncn3)c2)cc1. The molecule has 0 atom stereocenters. The predicted octanol–water partition coefficient (Wildman–Crippen LogP) is 11.9. The number of rotatable bonds is 6. The molecule has 0 aliphatic heterocycles. The van der Waals surface area contributed by atoms with Crippen LogP contribution in [0.5, 0.6) is 0 Å². The van der Waals surface area contributed by atoms with Gasteiger partial charge in [0.1, 0.15) is 18.5 Å². The van der Waals surface area contributed by atoms with Gasteiger partial charge in [0.05, 0.1) is 11.0 Å². The molecule has 0 N–H and O–H groups in total. The van der Waals surface area contributed by atoms with E-state index in [4.69, 9.17) is 0 Å². The highest BCUT2D eigenvalue weighted by Gasteiger charge is 2.19. The van der Waals surface area contributed by atoms with Gasteiger partial charge in [-0.3, -0.25) is 0 Å². The van der Waals surface area contributed by atoms with E-state index in [-0.39, 0.29) is 0 Å². The first-order valence-corrected chi connectivity index (χ1v) is 17.9. The van der Waals surface area contributed by atoms with Crippen LogP contribution in [-0.4, -0.2) is 19.5 Å². The second-order valence-corrected chi connectivity index (χ2v) is 13.9. The fourth-order valence-electron chi connectivity index (χ4n) is 7.67. The Hall–Kier alpha value is -6.43. The normalized spacial score (nSPS) is 11.6. The minimum absolute atomic E-state index is 0.600. The van der Waals surface area contributed by atoms with E-state index in [1.165, 1.54) is 86.6 Å². The van der Waals surface area contributed by atoms with E-state index < -0.39 is 0 Å². The van der Waals surface area contributed by atoms with Gasteiger partial charge in [-0.2, -0.15) is 0 Å². The minimum atomic E-state index is 0.600. The molecule has 51 heavy (non-hydrogen) atoms. The van der Waals surface area contributed by atoms with Crippen molar-refractivity contribution in [2.45, 2.75) is 6.42 Å². The van der Waals surface area contributed by atoms with Crippen LogP contribution in [0.3, 0.4) is 0 Å². The van der Waals surface area contributed by atoms with Crippen LogP contribution < -0.4 is 0 Å². The molecule has 0 spiro atoms. The first-order valence-electron chi connectivity index (χ1n) is 17.1. The lowest BCUT2D eigenvalue weighted by atomic mass is 9.89. The van der Waals surface area contributed by atoms with Gasteiger partial charge in [-0.1, -0.05) is 121 Å². The average Bonchev–Trinajstić information content (AvgIpc) is 3.74. The molecule has 10 rings (SSSR count). The Kier molecular flexibility index (Phi) is 7.03. The molecule has 3 heterocycles. The van der Waals surface area contributed by atoms with Crippen molar-refractivity contribution in [1.82, 2.24) is 19.5 Å². The van der Waals surface area contributed by atoms with Gasteiger partial charge in [-0.05, 0) is 75.3 Å². The van der Waals surface area contributed by atoms with Crippen molar-refractivity contribution < 1.29 is 0 Å². The van der Waals surface area contributed by atoms with Gasteiger partial charge in [0, 0.05) is 43.1 Å². The number of benzene rings is 7. The molecule has 0 aliphatic rings. The van der Waals surface area contributed by atoms with Crippen molar-refractivity contribution in [1.29, 1.82) is 0 Å². The van der Waals surface area contributed by atoms with Gasteiger partial charge in [-0.15, -0.1) is 11.3 Å². The molecule has 4 nitrogen and oxygen atoms in total. The Morgan fingerprint density at radius 1 is 0.471 bits per heavy atom. The summed E-state index contributed by atoms with van der Waals surface area (Å²) in [6, 6.07) is 57.1. The number of thiophene rings is 1. The second-order valence-electron chi connectivity index (χ2n) is 12.8. The van der Waals surface area contributed by atoms with Crippen LogP contribution >= 0.6 is 11.3 Å². The maximum Gasteiger partial charge on any atom is 0.136 e. The molecule has 0 bridgehead atoms. The van der Waals surface area contributed by atoms with E-state index >= 15 is 0 Å². The third-order valence-electron chi connectivity index (χ3n) is 9.92. The molecule has 5 heteroatoms. The van der Waals surface area contributed by atoms with E-state index in [1.54, 1.807) is 12.7 Å². The smallest absolute Gasteiger partial charge is 0.136 e. The van der Waals surface area contributed by atoms with E-state index in [0.29, 0.717) is 6.42 Å². The number of nitrogens with zero attached hydrogens (tertiary/aromatic N) is 4. The van der Waals surface area contributed by atoms with Crippen LogP contribution in [0.4, 0.5) is 0 Å². The lowest BCUT2D eigenvalue weighted by Gasteiger charge is -2.15. The van der Waals surface area contributed by atoms with Gasteiger partial charge in [0.15, 0.2) is 0 Å². The monoisotopic (exact) mass is 670 g/mol. The van der Waals surface area contributed by atoms with E-state index in [9.17, 15) is 0 Å². The summed E-state index contributed by atoms with van der Waals surface area (Å²) in [6.07, 6.45) is 3.76. The van der Waals surface area contributed by atoms with Crippen LogP contribution in [0.2, 0.25) is 0 Å². The highest BCUT2D eigenvalue weighted by molar-refractivity contribution is 7.26. The highest BCUT2D eigenvalue weighted by atomic mass is 32.1. The molecule has 10 aromatic rings. The van der Waals surface area contributed by atoms with E-state index in [1.807, 2.05) is 11.3 Å². The summed E-state index contributed by atoms with van der Waals surface area (Å²) in [5.41, 5.74) is 11.9. The number of hydrogen-bond acceptors (Lipinski definition) is 4. The number of fused-ring (bicyclic) bond motifs is 7. The number of hydrogen-bond donors (Lipinski definition) is 0. The number of para-hydroxylation sites is 2. The molecule has 0 saturated heterocycles. The van der Waals surface area contributed by atoms with Crippen LogP contribution in [-0.2, 0) is 6.42 Å². The molecular weight excluding hydrogens is 641 g/mol. The summed E-state index contributed by atoms with van der Waals surface area (Å²) in [7, 11) is 0. The Balaban J connectivity index is 1.15. The fraction of sp³-hybridized carbons (Fsp3) is 0.0217. The van der Waals surface area contributed by atoms with Crippen molar-refractivity contribution in [3.63, 3.8) is 0 Å². The Labute approximate surface area is 299 Å². The van der Waals surface area contributed by atoms with Crippen molar-refractivity contribution in [2.75, 3.05) is 0 Å². The average molecular weight is 671 g/mol. The van der Waals surface area contributed by atoms with Crippen LogP contribution in [0.15, 0.2) is 170 Å². The quantitative estimate of drug-likeness (QED) is 0.177. The zero-order valence-corrected chi connectivity index (χ0v) is 28.4. The Morgan fingerprint density at radius 3 is 1.98 bits per heavy atom. The predicted molar refractivity (Wildman–Crippen MR) is 213 cm³/mol. The lowest BCUT2D eigenvalue weighted by Crippen LogP contribution is -1.99. The molecule has 0 amide bonds. The molecule has 240 valence electrons. The van der Waals surface area contributed by atoms with Crippen LogP contribution in [0.25, 0.3) is 81.0 Å². The summed E-state index contributed by atoms with van der Waals surface area (Å²) in [5, 5.41) is 5.19. The van der Waals surface area contributed by atoms with Crippen molar-refractivity contribution in [2.24, 2.45) is 0 Å². The van der Waals surface area contributed by atoms with Gasteiger partial charge in [0.2, 0.25) is 0 Å². The first-order chi connectivity index (χ1) is 25.3. The molecular formula is C46H30N4S. The third-order valence-corrected chi connectivity index (χ3v) is 11.0. The molecule has 3 aromatic heterocycles. The van der Waals surface area contributed by atoms with E-state index in [2.05, 4.69) is 177 Å². The van der Waals surface area contributed by atoms with Gasteiger partial charge in [0.25, 0.3) is 0 Å². The molecule has 0 fully saturated rings. The third kappa shape index (κ3) is 5.01. The zero-order valence-electron chi connectivity index (χ0n) is 27.6. The molecule has 7 aromatic carbocycles. The van der Waals surface area contributed by atoms with Crippen LogP contribution in [0, 0.1) is 0 Å². The topological polar surface area (TPSA) is 43.6 Å². The summed E-state index contributed by atoms with van der Waals surface area (Å²) >= 11 is 1.87. The Morgan fingerprint density at radius 2 is 1.16 bits per heavy atom. The zero-order chi connectivity index (χ0) is 33.7. The molecule has 0 saturated carbocycles. The minimum Gasteiger partial charge on any atom is -0.309 e. The van der Waals surface area contributed by atoms with Crippen molar-refractivity contribution >= 4 is 53.3 Å². The van der Waals surface area contributed by atoms with Crippen molar-refractivity contribution in [3.8, 4) is 39.1 Å². The largest absolute Gasteiger partial charge is 0.309 e. The highest BCUT2D eigenvalue weighted by Crippen LogP contribution is 2.45. The maximum atomic E-state index is 4.51. The lowest BCUT2D eigenvalue weighted by molar-refractivity contribution is 0.918. The maximum absolute atomic E-state index is 4.51. The molecule has 0 aliphatic carbocycles. The summed E-state index contributed by atoms with van der Waals surface area (Å²) in [4.78, 5) is 13.1. The van der Waals surface area contributed by atoms with Gasteiger partial charge < -0.3 is 4.57 Å². The molecule has 0 unspecified atom stereocenters. The Bertz CT molecular complexity index is 2870.